The highest BCUT2D eigenvalue weighted by Gasteiger charge is 2.30. The van der Waals surface area contributed by atoms with Gasteiger partial charge in [-0.15, -0.1) is 0 Å². The summed E-state index contributed by atoms with van der Waals surface area (Å²) in [5.41, 5.74) is -0.774. The molecule has 0 unspecified atom stereocenters. The van der Waals surface area contributed by atoms with Crippen LogP contribution in [0, 0.1) is 0 Å². The predicted octanol–water partition coefficient (Wildman–Crippen LogP) is 2.33. The molecule has 108 valence electrons. The van der Waals surface area contributed by atoms with Gasteiger partial charge in [-0.05, 0) is 17.7 Å². The Bertz CT molecular complexity index is 681. The highest BCUT2D eigenvalue weighted by Crippen LogP contribution is 2.29. The molecule has 0 saturated heterocycles. The Labute approximate surface area is 112 Å². The minimum atomic E-state index is -4.49. The van der Waals surface area contributed by atoms with E-state index in [1.165, 1.54) is 24.5 Å². The van der Waals surface area contributed by atoms with Crippen LogP contribution in [0.25, 0.3) is 0 Å². The Balaban J connectivity index is 2.12. The number of H-pyrrole nitrogens is 1. The minimum absolute atomic E-state index is 0.0926. The Kier molecular flexibility index (Phi) is 3.82. The Morgan fingerprint density at radius 1 is 1.30 bits per heavy atom. The summed E-state index contributed by atoms with van der Waals surface area (Å²) in [6.07, 6.45) is -1.98. The Hall–Kier alpha value is -1.87. The number of hydrogen-bond donors (Lipinski definition) is 1. The number of imidazole rings is 1. The SMILES string of the molecule is O=S(=O)(OCc1cccc(C(F)(F)F)c1)c1ncc[nH]1. The molecule has 0 radical (unpaired) electrons. The van der Waals surface area contributed by atoms with Gasteiger partial charge in [0.2, 0.25) is 0 Å². The first-order valence-electron chi connectivity index (χ1n) is 5.34. The summed E-state index contributed by atoms with van der Waals surface area (Å²) < 4.78 is 65.3. The van der Waals surface area contributed by atoms with E-state index in [4.69, 9.17) is 0 Å². The smallest absolute Gasteiger partial charge is 0.334 e. The van der Waals surface area contributed by atoms with E-state index in [-0.39, 0.29) is 5.56 Å². The lowest BCUT2D eigenvalue weighted by atomic mass is 10.1. The second-order valence-electron chi connectivity index (χ2n) is 3.81. The summed E-state index contributed by atoms with van der Waals surface area (Å²) in [5.74, 6) is 0. The number of halogens is 3. The molecular formula is C11H9F3N2O3S. The van der Waals surface area contributed by atoms with Crippen molar-refractivity contribution in [2.24, 2.45) is 0 Å². The molecular weight excluding hydrogens is 297 g/mol. The lowest BCUT2D eigenvalue weighted by Gasteiger charge is -2.08. The highest BCUT2D eigenvalue weighted by molar-refractivity contribution is 7.86. The molecule has 9 heteroatoms. The van der Waals surface area contributed by atoms with Crippen molar-refractivity contribution < 1.29 is 25.8 Å². The van der Waals surface area contributed by atoms with Crippen molar-refractivity contribution in [2.75, 3.05) is 0 Å². The average molecular weight is 306 g/mol. The predicted molar refractivity (Wildman–Crippen MR) is 62.0 cm³/mol. The van der Waals surface area contributed by atoms with Gasteiger partial charge in [0.15, 0.2) is 0 Å². The van der Waals surface area contributed by atoms with Gasteiger partial charge in [-0.3, -0.25) is 4.18 Å². The highest BCUT2D eigenvalue weighted by atomic mass is 32.2. The third-order valence-corrected chi connectivity index (χ3v) is 3.47. The van der Waals surface area contributed by atoms with Crippen LogP contribution in [0.2, 0.25) is 0 Å². The van der Waals surface area contributed by atoms with Crippen molar-refractivity contribution in [3.63, 3.8) is 0 Å². The van der Waals surface area contributed by atoms with E-state index < -0.39 is 33.6 Å². The normalized spacial score (nSPS) is 12.6. The van der Waals surface area contributed by atoms with Gasteiger partial charge >= 0.3 is 16.3 Å². The summed E-state index contributed by atoms with van der Waals surface area (Å²) in [4.78, 5) is 5.85. The number of aromatic amines is 1. The van der Waals surface area contributed by atoms with Crippen LogP contribution in [0.5, 0.6) is 0 Å². The summed E-state index contributed by atoms with van der Waals surface area (Å²) in [7, 11) is -4.11. The Morgan fingerprint density at radius 3 is 2.65 bits per heavy atom. The number of nitrogens with zero attached hydrogens (tertiary/aromatic N) is 1. The molecule has 0 aliphatic rings. The van der Waals surface area contributed by atoms with E-state index in [2.05, 4.69) is 14.2 Å². The summed E-state index contributed by atoms with van der Waals surface area (Å²) in [5, 5.41) is -0.399. The molecule has 1 heterocycles. The molecule has 1 aromatic carbocycles. The van der Waals surface area contributed by atoms with Crippen LogP contribution < -0.4 is 0 Å². The van der Waals surface area contributed by atoms with Gasteiger partial charge in [0.1, 0.15) is 0 Å². The van der Waals surface area contributed by atoms with Gasteiger partial charge < -0.3 is 4.98 Å². The molecule has 0 atom stereocenters. The minimum Gasteiger partial charge on any atom is -0.334 e. The van der Waals surface area contributed by atoms with Gasteiger partial charge in [-0.25, -0.2) is 4.98 Å². The van der Waals surface area contributed by atoms with Crippen molar-refractivity contribution in [1.82, 2.24) is 9.97 Å². The molecule has 0 bridgehead atoms. The van der Waals surface area contributed by atoms with Crippen LogP contribution >= 0.6 is 0 Å². The number of alkyl halides is 3. The van der Waals surface area contributed by atoms with Crippen molar-refractivity contribution in [3.8, 4) is 0 Å². The number of benzene rings is 1. The van der Waals surface area contributed by atoms with Crippen molar-refractivity contribution in [2.45, 2.75) is 17.9 Å². The van der Waals surface area contributed by atoms with E-state index in [1.807, 2.05) is 0 Å². The zero-order valence-corrected chi connectivity index (χ0v) is 10.7. The summed E-state index contributed by atoms with van der Waals surface area (Å²) >= 11 is 0. The van der Waals surface area contributed by atoms with Crippen molar-refractivity contribution in [1.29, 1.82) is 0 Å². The number of aromatic nitrogens is 2. The van der Waals surface area contributed by atoms with Crippen molar-refractivity contribution >= 4 is 10.1 Å². The molecule has 2 rings (SSSR count). The van der Waals surface area contributed by atoms with Gasteiger partial charge in [-0.1, -0.05) is 12.1 Å². The quantitative estimate of drug-likeness (QED) is 0.880. The maximum atomic E-state index is 12.5. The van der Waals surface area contributed by atoms with Crippen LogP contribution in [0.4, 0.5) is 13.2 Å². The van der Waals surface area contributed by atoms with Crippen LogP contribution in [-0.2, 0) is 27.1 Å². The second-order valence-corrected chi connectivity index (χ2v) is 5.34. The van der Waals surface area contributed by atoms with Crippen LogP contribution in [-0.4, -0.2) is 18.4 Å². The van der Waals surface area contributed by atoms with E-state index in [0.717, 1.165) is 12.1 Å². The molecule has 5 nitrogen and oxygen atoms in total. The first-order chi connectivity index (χ1) is 9.29. The van der Waals surface area contributed by atoms with Crippen molar-refractivity contribution in [3.05, 3.63) is 47.8 Å². The number of nitrogens with one attached hydrogen (secondary N) is 1. The molecule has 0 spiro atoms. The third-order valence-electron chi connectivity index (χ3n) is 2.34. The lowest BCUT2D eigenvalue weighted by Crippen LogP contribution is -2.09. The number of hydrogen-bond acceptors (Lipinski definition) is 4. The average Bonchev–Trinajstić information content (AvgIpc) is 2.90. The first-order valence-corrected chi connectivity index (χ1v) is 6.75. The van der Waals surface area contributed by atoms with E-state index >= 15 is 0 Å². The van der Waals surface area contributed by atoms with Crippen LogP contribution in [0.15, 0.2) is 41.8 Å². The molecule has 0 aliphatic heterocycles. The number of rotatable bonds is 4. The van der Waals surface area contributed by atoms with Gasteiger partial charge in [0.05, 0.1) is 12.2 Å². The molecule has 2 aromatic rings. The van der Waals surface area contributed by atoms with E-state index in [9.17, 15) is 21.6 Å². The molecule has 20 heavy (non-hydrogen) atoms. The first kappa shape index (κ1) is 14.5. The lowest BCUT2D eigenvalue weighted by molar-refractivity contribution is -0.137. The van der Waals surface area contributed by atoms with Crippen LogP contribution in [0.3, 0.4) is 0 Å². The molecule has 0 fully saturated rings. The fourth-order valence-electron chi connectivity index (χ4n) is 1.43. The van der Waals surface area contributed by atoms with E-state index in [0.29, 0.717) is 0 Å². The maximum Gasteiger partial charge on any atom is 0.416 e. The Morgan fingerprint density at radius 2 is 2.05 bits per heavy atom. The van der Waals surface area contributed by atoms with Gasteiger partial charge in [0.25, 0.3) is 5.16 Å². The monoisotopic (exact) mass is 306 g/mol. The molecule has 0 saturated carbocycles. The second kappa shape index (κ2) is 5.25. The topological polar surface area (TPSA) is 72.1 Å². The molecule has 1 aromatic heterocycles. The largest absolute Gasteiger partial charge is 0.416 e. The zero-order chi connectivity index (χ0) is 14.8. The summed E-state index contributed by atoms with van der Waals surface area (Å²) in [6.45, 7) is -0.507. The van der Waals surface area contributed by atoms with E-state index in [1.54, 1.807) is 0 Å². The zero-order valence-electron chi connectivity index (χ0n) is 9.89. The standard InChI is InChI=1S/C11H9F3N2O3S/c12-11(13,14)9-3-1-2-8(6-9)7-19-20(17,18)10-15-4-5-16-10/h1-6H,7H2,(H,15,16). The fourth-order valence-corrected chi connectivity index (χ4v) is 2.23. The van der Waals surface area contributed by atoms with Gasteiger partial charge in [-0.2, -0.15) is 21.6 Å². The summed E-state index contributed by atoms with van der Waals surface area (Å²) in [6, 6.07) is 4.25. The maximum absolute atomic E-state index is 12.5. The van der Waals surface area contributed by atoms with Crippen LogP contribution in [0.1, 0.15) is 11.1 Å². The molecule has 1 N–H and O–H groups in total. The third kappa shape index (κ3) is 3.36. The molecule has 0 aliphatic carbocycles. The van der Waals surface area contributed by atoms with Gasteiger partial charge in [0, 0.05) is 12.4 Å². The molecule has 0 amide bonds. The fraction of sp³-hybridized carbons (Fsp3) is 0.182.